The summed E-state index contributed by atoms with van der Waals surface area (Å²) in [6.45, 7) is 5.73. The summed E-state index contributed by atoms with van der Waals surface area (Å²) in [7, 11) is 0. The summed E-state index contributed by atoms with van der Waals surface area (Å²) in [5, 5.41) is 7.89. The monoisotopic (exact) mass is 429 g/mol. The maximum atomic E-state index is 12.5. The van der Waals surface area contributed by atoms with Gasteiger partial charge in [-0.3, -0.25) is 9.78 Å². The Morgan fingerprint density at radius 3 is 2.75 bits per heavy atom. The van der Waals surface area contributed by atoms with E-state index in [4.69, 9.17) is 4.99 Å². The molecule has 1 amide bonds. The van der Waals surface area contributed by atoms with Crippen molar-refractivity contribution in [2.24, 2.45) is 10.9 Å². The molecule has 2 N–H and O–H groups in total. The molecule has 4 rings (SSSR count). The second-order valence-corrected chi connectivity index (χ2v) is 8.21. The summed E-state index contributed by atoms with van der Waals surface area (Å²) in [5.74, 6) is 1.32. The van der Waals surface area contributed by atoms with E-state index in [0.29, 0.717) is 18.9 Å². The van der Waals surface area contributed by atoms with Crippen molar-refractivity contribution in [3.63, 3.8) is 0 Å². The van der Waals surface area contributed by atoms with Crippen LogP contribution in [0, 0.1) is 5.92 Å². The van der Waals surface area contributed by atoms with Crippen LogP contribution in [0.4, 0.5) is 0 Å². The Hall–Kier alpha value is -3.41. The van der Waals surface area contributed by atoms with E-state index in [0.717, 1.165) is 55.0 Å². The standard InChI is InChI=1S/C26H31N5O/c1-2-27-26(30-18-22-12-14-28-24-11-7-6-10-23(22)24)29-17-21-16-25(32)31(19-21)15-13-20-8-4-3-5-9-20/h3-12,14,21H,2,13,15-19H2,1H3,(H2,27,29,30). The third kappa shape index (κ3) is 5.63. The van der Waals surface area contributed by atoms with Crippen LogP contribution in [-0.4, -0.2) is 47.9 Å². The lowest BCUT2D eigenvalue weighted by molar-refractivity contribution is -0.127. The van der Waals surface area contributed by atoms with Gasteiger partial charge in [0.05, 0.1) is 12.1 Å². The molecular weight excluding hydrogens is 398 g/mol. The molecule has 2 heterocycles. The van der Waals surface area contributed by atoms with E-state index in [-0.39, 0.29) is 5.91 Å². The number of amides is 1. The number of benzene rings is 2. The zero-order chi connectivity index (χ0) is 22.2. The second kappa shape index (κ2) is 10.8. The topological polar surface area (TPSA) is 69.6 Å². The fraction of sp³-hybridized carbons (Fsp3) is 0.346. The van der Waals surface area contributed by atoms with Crippen LogP contribution < -0.4 is 10.6 Å². The summed E-state index contributed by atoms with van der Waals surface area (Å²) >= 11 is 0. The minimum absolute atomic E-state index is 0.248. The van der Waals surface area contributed by atoms with E-state index < -0.39 is 0 Å². The summed E-state index contributed by atoms with van der Waals surface area (Å²) in [6, 6.07) is 20.5. The van der Waals surface area contributed by atoms with Crippen molar-refractivity contribution in [1.82, 2.24) is 20.5 Å². The van der Waals surface area contributed by atoms with E-state index >= 15 is 0 Å². The van der Waals surface area contributed by atoms with Gasteiger partial charge in [0.1, 0.15) is 0 Å². The van der Waals surface area contributed by atoms with E-state index in [1.807, 2.05) is 53.6 Å². The van der Waals surface area contributed by atoms with Crippen molar-refractivity contribution in [2.45, 2.75) is 26.3 Å². The molecule has 6 heteroatoms. The number of nitrogens with zero attached hydrogens (tertiary/aromatic N) is 3. The molecule has 6 nitrogen and oxygen atoms in total. The van der Waals surface area contributed by atoms with Crippen LogP contribution in [0.15, 0.2) is 71.9 Å². The number of nitrogens with one attached hydrogen (secondary N) is 2. The van der Waals surface area contributed by atoms with Gasteiger partial charge in [-0.1, -0.05) is 48.5 Å². The molecule has 0 spiro atoms. The quantitative estimate of drug-likeness (QED) is 0.425. The molecule has 1 aliphatic heterocycles. The Balaban J connectivity index is 1.32. The third-order valence-electron chi connectivity index (χ3n) is 5.86. The number of guanidine groups is 1. The van der Waals surface area contributed by atoms with Crippen molar-refractivity contribution < 1.29 is 4.79 Å². The molecule has 1 saturated heterocycles. The first-order valence-electron chi connectivity index (χ1n) is 11.4. The van der Waals surface area contributed by atoms with Crippen molar-refractivity contribution in [1.29, 1.82) is 0 Å². The van der Waals surface area contributed by atoms with Gasteiger partial charge in [-0.2, -0.15) is 0 Å². The predicted molar refractivity (Wildman–Crippen MR) is 129 cm³/mol. The first-order chi connectivity index (χ1) is 15.7. The number of para-hydroxylation sites is 1. The number of pyridine rings is 1. The molecule has 0 aliphatic carbocycles. The molecule has 0 radical (unpaired) electrons. The first kappa shape index (κ1) is 21.8. The predicted octanol–water partition coefficient (Wildman–Crippen LogP) is 3.38. The van der Waals surface area contributed by atoms with Gasteiger partial charge in [-0.05, 0) is 36.6 Å². The fourth-order valence-corrected chi connectivity index (χ4v) is 4.16. The van der Waals surface area contributed by atoms with Crippen LogP contribution in [0.25, 0.3) is 10.9 Å². The number of rotatable bonds is 8. The van der Waals surface area contributed by atoms with Crippen LogP contribution >= 0.6 is 0 Å². The number of carbonyl (C=O) groups is 1. The number of fused-ring (bicyclic) bond motifs is 1. The number of hydrogen-bond donors (Lipinski definition) is 2. The van der Waals surface area contributed by atoms with E-state index in [1.54, 1.807) is 0 Å². The van der Waals surface area contributed by atoms with Crippen LogP contribution in [-0.2, 0) is 17.8 Å². The molecule has 0 saturated carbocycles. The van der Waals surface area contributed by atoms with Gasteiger partial charge in [0.15, 0.2) is 5.96 Å². The largest absolute Gasteiger partial charge is 0.357 e. The van der Waals surface area contributed by atoms with Gasteiger partial charge < -0.3 is 15.5 Å². The summed E-state index contributed by atoms with van der Waals surface area (Å²) < 4.78 is 0. The maximum Gasteiger partial charge on any atom is 0.223 e. The molecule has 1 aliphatic rings. The lowest BCUT2D eigenvalue weighted by Gasteiger charge is -2.18. The highest BCUT2D eigenvalue weighted by Gasteiger charge is 2.29. The van der Waals surface area contributed by atoms with Crippen molar-refractivity contribution in [3.05, 3.63) is 78.0 Å². The SMILES string of the molecule is CCNC(=NCc1ccnc2ccccc12)NCC1CC(=O)N(CCc2ccccc2)C1. The number of aromatic nitrogens is 1. The van der Waals surface area contributed by atoms with Crippen molar-refractivity contribution in [3.8, 4) is 0 Å². The van der Waals surface area contributed by atoms with Crippen LogP contribution in [0.1, 0.15) is 24.5 Å². The van der Waals surface area contributed by atoms with Crippen LogP contribution in [0.3, 0.4) is 0 Å². The van der Waals surface area contributed by atoms with Gasteiger partial charge >= 0.3 is 0 Å². The average Bonchev–Trinajstić information content (AvgIpc) is 3.19. The molecule has 166 valence electrons. The average molecular weight is 430 g/mol. The Bertz CT molecular complexity index is 1060. The second-order valence-electron chi connectivity index (χ2n) is 8.21. The highest BCUT2D eigenvalue weighted by molar-refractivity contribution is 5.83. The minimum Gasteiger partial charge on any atom is -0.357 e. The molecule has 32 heavy (non-hydrogen) atoms. The lowest BCUT2D eigenvalue weighted by Crippen LogP contribution is -2.40. The normalized spacial score (nSPS) is 16.5. The van der Waals surface area contributed by atoms with Gasteiger partial charge in [0.25, 0.3) is 0 Å². The Morgan fingerprint density at radius 2 is 1.91 bits per heavy atom. The third-order valence-corrected chi connectivity index (χ3v) is 5.86. The lowest BCUT2D eigenvalue weighted by atomic mass is 10.1. The van der Waals surface area contributed by atoms with Crippen LogP contribution in [0.2, 0.25) is 0 Å². The molecule has 1 aromatic heterocycles. The Labute approximate surface area is 189 Å². The highest BCUT2D eigenvalue weighted by Crippen LogP contribution is 2.18. The van der Waals surface area contributed by atoms with E-state index in [1.165, 1.54) is 5.56 Å². The van der Waals surface area contributed by atoms with Gasteiger partial charge in [-0.25, -0.2) is 4.99 Å². The zero-order valence-electron chi connectivity index (χ0n) is 18.6. The highest BCUT2D eigenvalue weighted by atomic mass is 16.2. The number of carbonyl (C=O) groups excluding carboxylic acids is 1. The van der Waals surface area contributed by atoms with Gasteiger partial charge in [0, 0.05) is 50.1 Å². The number of hydrogen-bond acceptors (Lipinski definition) is 3. The van der Waals surface area contributed by atoms with Gasteiger partial charge in [-0.15, -0.1) is 0 Å². The van der Waals surface area contributed by atoms with Crippen molar-refractivity contribution in [2.75, 3.05) is 26.2 Å². The number of aliphatic imine (C=N–C) groups is 1. The first-order valence-corrected chi connectivity index (χ1v) is 11.4. The van der Waals surface area contributed by atoms with Crippen LogP contribution in [0.5, 0.6) is 0 Å². The molecule has 3 aromatic rings. The summed E-state index contributed by atoms with van der Waals surface area (Å²) in [4.78, 5) is 23.7. The molecular formula is C26H31N5O. The molecule has 1 unspecified atom stereocenters. The van der Waals surface area contributed by atoms with E-state index in [2.05, 4.69) is 40.7 Å². The summed E-state index contributed by atoms with van der Waals surface area (Å²) in [6.07, 6.45) is 3.33. The van der Waals surface area contributed by atoms with Crippen molar-refractivity contribution >= 4 is 22.8 Å². The zero-order valence-corrected chi connectivity index (χ0v) is 18.6. The molecule has 1 atom stereocenters. The number of likely N-dealkylation sites (tertiary alicyclic amines) is 1. The summed E-state index contributed by atoms with van der Waals surface area (Å²) in [5.41, 5.74) is 3.40. The fourth-order valence-electron chi connectivity index (χ4n) is 4.16. The Kier molecular flexibility index (Phi) is 7.33. The van der Waals surface area contributed by atoms with Gasteiger partial charge in [0.2, 0.25) is 5.91 Å². The molecule has 1 fully saturated rings. The smallest absolute Gasteiger partial charge is 0.223 e. The van der Waals surface area contributed by atoms with E-state index in [9.17, 15) is 4.79 Å². The Morgan fingerprint density at radius 1 is 1.09 bits per heavy atom. The molecule has 0 bridgehead atoms. The maximum absolute atomic E-state index is 12.5. The molecule has 2 aromatic carbocycles. The minimum atomic E-state index is 0.248.